The van der Waals surface area contributed by atoms with Crippen LogP contribution in [0.15, 0.2) is 54.6 Å². The minimum atomic E-state index is -0.716. The molecule has 4 N–H and O–H groups in total. The second-order valence-electron chi connectivity index (χ2n) is 6.75. The van der Waals surface area contributed by atoms with E-state index in [1.807, 2.05) is 30.3 Å². The van der Waals surface area contributed by atoms with E-state index in [1.54, 1.807) is 24.3 Å². The molecule has 3 rings (SSSR count). The highest BCUT2D eigenvalue weighted by atomic mass is 16.2. The van der Waals surface area contributed by atoms with Crippen molar-refractivity contribution >= 4 is 29.2 Å². The monoisotopic (exact) mass is 380 g/mol. The van der Waals surface area contributed by atoms with Crippen molar-refractivity contribution in [2.75, 3.05) is 17.2 Å². The molecular formula is C21H24N4O3. The van der Waals surface area contributed by atoms with Gasteiger partial charge in [-0.15, -0.1) is 0 Å². The molecule has 1 fully saturated rings. The lowest BCUT2D eigenvalue weighted by Crippen LogP contribution is -2.36. The van der Waals surface area contributed by atoms with E-state index in [9.17, 15) is 14.4 Å². The van der Waals surface area contributed by atoms with Crippen LogP contribution in [0.3, 0.4) is 0 Å². The first-order valence-corrected chi connectivity index (χ1v) is 9.41. The Kier molecular flexibility index (Phi) is 6.62. The molecule has 0 heterocycles. The molecule has 0 bridgehead atoms. The molecular weight excluding hydrogens is 356 g/mol. The van der Waals surface area contributed by atoms with Gasteiger partial charge in [0.25, 0.3) is 0 Å². The summed E-state index contributed by atoms with van der Waals surface area (Å²) in [6.07, 6.45) is 3.64. The van der Waals surface area contributed by atoms with E-state index in [-0.39, 0.29) is 12.1 Å². The number of nitrogens with one attached hydrogen (secondary N) is 4. The van der Waals surface area contributed by atoms with Gasteiger partial charge in [-0.3, -0.25) is 9.59 Å². The van der Waals surface area contributed by atoms with Crippen LogP contribution in [0, 0.1) is 0 Å². The van der Waals surface area contributed by atoms with Gasteiger partial charge in [0.1, 0.15) is 0 Å². The van der Waals surface area contributed by atoms with Crippen LogP contribution in [0.5, 0.6) is 0 Å². The average molecular weight is 380 g/mol. The Morgan fingerprint density at radius 3 is 2.11 bits per heavy atom. The van der Waals surface area contributed by atoms with Gasteiger partial charge in [-0.1, -0.05) is 30.3 Å². The van der Waals surface area contributed by atoms with E-state index in [0.29, 0.717) is 17.9 Å². The molecule has 1 aliphatic rings. The highest BCUT2D eigenvalue weighted by molar-refractivity contribution is 6.39. The van der Waals surface area contributed by atoms with Crippen molar-refractivity contribution in [3.63, 3.8) is 0 Å². The van der Waals surface area contributed by atoms with Gasteiger partial charge in [-0.05, 0) is 55.5 Å². The van der Waals surface area contributed by atoms with Crippen molar-refractivity contribution < 1.29 is 14.4 Å². The summed E-state index contributed by atoms with van der Waals surface area (Å²) in [7, 11) is 0. The van der Waals surface area contributed by atoms with Gasteiger partial charge in [0.2, 0.25) is 0 Å². The van der Waals surface area contributed by atoms with Crippen molar-refractivity contribution in [3.8, 4) is 0 Å². The quantitative estimate of drug-likeness (QED) is 0.439. The highest BCUT2D eigenvalue weighted by Gasteiger charge is 2.23. The molecule has 2 aromatic carbocycles. The number of benzene rings is 2. The number of urea groups is 1. The first-order valence-electron chi connectivity index (χ1n) is 9.41. The summed E-state index contributed by atoms with van der Waals surface area (Å²) >= 11 is 0. The minimum Gasteiger partial charge on any atom is -0.348 e. The number of hydrogen-bond acceptors (Lipinski definition) is 3. The summed E-state index contributed by atoms with van der Waals surface area (Å²) in [6, 6.07) is 16.6. The van der Waals surface area contributed by atoms with E-state index in [0.717, 1.165) is 25.7 Å². The van der Waals surface area contributed by atoms with Crippen LogP contribution in [0.25, 0.3) is 0 Å². The maximum absolute atomic E-state index is 12.0. The van der Waals surface area contributed by atoms with E-state index in [2.05, 4.69) is 21.3 Å². The highest BCUT2D eigenvalue weighted by Crippen LogP contribution is 2.19. The molecule has 28 heavy (non-hydrogen) atoms. The molecule has 0 atom stereocenters. The summed E-state index contributed by atoms with van der Waals surface area (Å²) in [5, 5.41) is 10.7. The van der Waals surface area contributed by atoms with Crippen LogP contribution in [0.4, 0.5) is 16.2 Å². The van der Waals surface area contributed by atoms with Gasteiger partial charge < -0.3 is 21.3 Å². The van der Waals surface area contributed by atoms with Crippen molar-refractivity contribution in [3.05, 3.63) is 60.2 Å². The third kappa shape index (κ3) is 6.42. The van der Waals surface area contributed by atoms with Gasteiger partial charge in [-0.25, -0.2) is 4.79 Å². The second kappa shape index (κ2) is 9.55. The molecule has 1 saturated carbocycles. The van der Waals surface area contributed by atoms with E-state index < -0.39 is 11.8 Å². The summed E-state index contributed by atoms with van der Waals surface area (Å²) in [4.78, 5) is 35.5. The molecule has 0 aliphatic heterocycles. The van der Waals surface area contributed by atoms with Crippen molar-refractivity contribution in [2.45, 2.75) is 31.7 Å². The lowest BCUT2D eigenvalue weighted by Gasteiger charge is -2.09. The molecule has 146 valence electrons. The number of hydrogen-bond donors (Lipinski definition) is 4. The van der Waals surface area contributed by atoms with Crippen molar-refractivity contribution in [1.82, 2.24) is 10.6 Å². The third-order valence-electron chi connectivity index (χ3n) is 4.29. The number of rotatable bonds is 7. The maximum Gasteiger partial charge on any atom is 0.319 e. The van der Waals surface area contributed by atoms with Gasteiger partial charge in [0, 0.05) is 24.0 Å². The molecule has 0 unspecified atom stereocenters. The Morgan fingerprint density at radius 2 is 1.46 bits per heavy atom. The van der Waals surface area contributed by atoms with Gasteiger partial charge in [0.15, 0.2) is 0 Å². The van der Waals surface area contributed by atoms with Crippen LogP contribution in [-0.2, 0) is 16.0 Å². The van der Waals surface area contributed by atoms with Crippen LogP contribution in [0.2, 0.25) is 0 Å². The predicted octanol–water partition coefficient (Wildman–Crippen LogP) is 2.66. The predicted molar refractivity (Wildman–Crippen MR) is 108 cm³/mol. The molecule has 0 saturated heterocycles. The standard InChI is InChI=1S/C21H24N4O3/c26-19(22-14-4-7-15-5-2-1-3-6-15)20(27)23-16-8-10-17(11-9-16)24-21(28)25-18-12-13-18/h1-3,5-6,8-11,18H,4,7,12-14H2,(H,22,26)(H,23,27)(H2,24,25,28). The average Bonchev–Trinajstić information content (AvgIpc) is 3.51. The summed E-state index contributed by atoms with van der Waals surface area (Å²) in [6.45, 7) is 0.431. The Hall–Kier alpha value is -3.35. The topological polar surface area (TPSA) is 99.3 Å². The maximum atomic E-state index is 12.0. The zero-order chi connectivity index (χ0) is 19.8. The summed E-state index contributed by atoms with van der Waals surface area (Å²) in [5.41, 5.74) is 2.29. The lowest BCUT2D eigenvalue weighted by molar-refractivity contribution is -0.136. The minimum absolute atomic E-state index is 0.242. The molecule has 7 heteroatoms. The van der Waals surface area contributed by atoms with Crippen molar-refractivity contribution in [1.29, 1.82) is 0 Å². The lowest BCUT2D eigenvalue weighted by atomic mass is 10.1. The first-order chi connectivity index (χ1) is 13.6. The molecule has 0 spiro atoms. The van der Waals surface area contributed by atoms with E-state index in [4.69, 9.17) is 0 Å². The molecule has 1 aliphatic carbocycles. The largest absolute Gasteiger partial charge is 0.348 e. The zero-order valence-corrected chi connectivity index (χ0v) is 15.5. The molecule has 0 radical (unpaired) electrons. The number of anilines is 2. The number of carbonyl (C=O) groups is 3. The van der Waals surface area contributed by atoms with Gasteiger partial charge in [-0.2, -0.15) is 0 Å². The number of aryl methyl sites for hydroxylation is 1. The Morgan fingerprint density at radius 1 is 0.821 bits per heavy atom. The smallest absolute Gasteiger partial charge is 0.319 e. The van der Waals surface area contributed by atoms with Crippen LogP contribution in [-0.4, -0.2) is 30.4 Å². The molecule has 4 amide bonds. The number of carbonyl (C=O) groups excluding carboxylic acids is 3. The SMILES string of the molecule is O=C(Nc1ccc(NC(=O)C(=O)NCCCc2ccccc2)cc1)NC1CC1. The van der Waals surface area contributed by atoms with E-state index >= 15 is 0 Å². The molecule has 2 aromatic rings. The normalized spacial score (nSPS) is 12.7. The fraction of sp³-hybridized carbons (Fsp3) is 0.286. The first kappa shape index (κ1) is 19.4. The van der Waals surface area contributed by atoms with Gasteiger partial charge in [0.05, 0.1) is 0 Å². The molecule has 0 aromatic heterocycles. The Labute approximate surface area is 163 Å². The third-order valence-corrected chi connectivity index (χ3v) is 4.29. The summed E-state index contributed by atoms with van der Waals surface area (Å²) < 4.78 is 0. The fourth-order valence-corrected chi connectivity index (χ4v) is 2.62. The Bertz CT molecular complexity index is 817. The van der Waals surface area contributed by atoms with E-state index in [1.165, 1.54) is 5.56 Å². The van der Waals surface area contributed by atoms with Crippen LogP contribution >= 0.6 is 0 Å². The second-order valence-corrected chi connectivity index (χ2v) is 6.75. The zero-order valence-electron chi connectivity index (χ0n) is 15.5. The van der Waals surface area contributed by atoms with Crippen LogP contribution < -0.4 is 21.3 Å². The fourth-order valence-electron chi connectivity index (χ4n) is 2.62. The van der Waals surface area contributed by atoms with Gasteiger partial charge >= 0.3 is 17.8 Å². The van der Waals surface area contributed by atoms with Crippen LogP contribution in [0.1, 0.15) is 24.8 Å². The molecule has 7 nitrogen and oxygen atoms in total. The Balaban J connectivity index is 1.37. The number of amides is 4. The van der Waals surface area contributed by atoms with Crippen molar-refractivity contribution in [2.24, 2.45) is 0 Å². The summed E-state index contributed by atoms with van der Waals surface area (Å²) in [5.74, 6) is -1.38.